The van der Waals surface area contributed by atoms with Crippen LogP contribution in [0.1, 0.15) is 0 Å². The highest BCUT2D eigenvalue weighted by atomic mass is 35.5. The Labute approximate surface area is 141 Å². The van der Waals surface area contributed by atoms with Gasteiger partial charge in [0.2, 0.25) is 13.2 Å². The predicted octanol–water partition coefficient (Wildman–Crippen LogP) is 3.92. The SMILES string of the molecule is O=CN(C(=O)Nc1ccc2c(c1)OCO2)c1cc(Cl)cc(Cl)c1. The highest BCUT2D eigenvalue weighted by molar-refractivity contribution is 6.35. The van der Waals surface area contributed by atoms with E-state index in [1.54, 1.807) is 18.2 Å². The van der Waals surface area contributed by atoms with Gasteiger partial charge >= 0.3 is 6.03 Å². The molecule has 0 saturated carbocycles. The van der Waals surface area contributed by atoms with Crippen LogP contribution in [0.4, 0.5) is 16.2 Å². The van der Waals surface area contributed by atoms with Crippen molar-refractivity contribution in [2.45, 2.75) is 0 Å². The molecule has 1 aliphatic rings. The summed E-state index contributed by atoms with van der Waals surface area (Å²) in [5.41, 5.74) is 0.718. The number of rotatable bonds is 3. The fraction of sp³-hybridized carbons (Fsp3) is 0.0667. The summed E-state index contributed by atoms with van der Waals surface area (Å²) in [6.45, 7) is 0.133. The van der Waals surface area contributed by atoms with E-state index in [0.717, 1.165) is 4.90 Å². The molecule has 3 amide bonds. The lowest BCUT2D eigenvalue weighted by Crippen LogP contribution is -2.33. The summed E-state index contributed by atoms with van der Waals surface area (Å²) in [6, 6.07) is 8.68. The van der Waals surface area contributed by atoms with Crippen LogP contribution in [0.2, 0.25) is 10.0 Å². The van der Waals surface area contributed by atoms with Crippen LogP contribution in [0.3, 0.4) is 0 Å². The summed E-state index contributed by atoms with van der Waals surface area (Å²) in [4.78, 5) is 24.4. The van der Waals surface area contributed by atoms with Gasteiger partial charge in [-0.05, 0) is 30.3 Å². The maximum absolute atomic E-state index is 12.3. The average Bonchev–Trinajstić information content (AvgIpc) is 2.94. The molecule has 3 rings (SSSR count). The van der Waals surface area contributed by atoms with Crippen LogP contribution < -0.4 is 19.7 Å². The number of imide groups is 1. The van der Waals surface area contributed by atoms with E-state index in [9.17, 15) is 9.59 Å². The molecule has 23 heavy (non-hydrogen) atoms. The van der Waals surface area contributed by atoms with Crippen LogP contribution in [0, 0.1) is 0 Å². The molecule has 0 saturated heterocycles. The van der Waals surface area contributed by atoms with Gasteiger partial charge in [0, 0.05) is 21.8 Å². The molecule has 0 bridgehead atoms. The molecular weight excluding hydrogens is 343 g/mol. The number of anilines is 2. The van der Waals surface area contributed by atoms with Gasteiger partial charge in [0.15, 0.2) is 11.5 Å². The third-order valence-corrected chi connectivity index (χ3v) is 3.51. The minimum Gasteiger partial charge on any atom is -0.454 e. The Morgan fingerprint density at radius 1 is 1.09 bits per heavy atom. The first-order valence-corrected chi connectivity index (χ1v) is 7.23. The number of amides is 3. The smallest absolute Gasteiger partial charge is 0.332 e. The minimum atomic E-state index is -0.655. The molecule has 0 spiro atoms. The van der Waals surface area contributed by atoms with E-state index in [1.165, 1.54) is 18.2 Å². The first-order chi connectivity index (χ1) is 11.1. The molecule has 1 N–H and O–H groups in total. The standard InChI is InChI=1S/C15H10Cl2N2O4/c16-9-3-10(17)5-12(4-9)19(7-20)15(21)18-11-1-2-13-14(6-11)23-8-22-13/h1-7H,8H2,(H,18,21). The summed E-state index contributed by atoms with van der Waals surface area (Å²) >= 11 is 11.8. The summed E-state index contributed by atoms with van der Waals surface area (Å²) in [5, 5.41) is 3.22. The Balaban J connectivity index is 1.81. The van der Waals surface area contributed by atoms with Crippen molar-refractivity contribution in [1.29, 1.82) is 0 Å². The molecule has 6 nitrogen and oxygen atoms in total. The third kappa shape index (κ3) is 3.33. The van der Waals surface area contributed by atoms with Gasteiger partial charge in [-0.2, -0.15) is 0 Å². The molecule has 8 heteroatoms. The summed E-state index contributed by atoms with van der Waals surface area (Å²) in [7, 11) is 0. The number of halogens is 2. The van der Waals surface area contributed by atoms with Crippen molar-refractivity contribution in [3.05, 3.63) is 46.4 Å². The van der Waals surface area contributed by atoms with Crippen molar-refractivity contribution in [2.75, 3.05) is 17.0 Å². The minimum absolute atomic E-state index is 0.133. The van der Waals surface area contributed by atoms with Crippen molar-refractivity contribution in [3.63, 3.8) is 0 Å². The molecule has 0 aliphatic carbocycles. The number of urea groups is 1. The van der Waals surface area contributed by atoms with Crippen LogP contribution in [0.15, 0.2) is 36.4 Å². The highest BCUT2D eigenvalue weighted by Crippen LogP contribution is 2.34. The maximum atomic E-state index is 12.3. The molecule has 1 heterocycles. The van der Waals surface area contributed by atoms with E-state index >= 15 is 0 Å². The zero-order chi connectivity index (χ0) is 16.4. The zero-order valence-electron chi connectivity index (χ0n) is 11.6. The van der Waals surface area contributed by atoms with Gasteiger partial charge in [0.1, 0.15) is 0 Å². The maximum Gasteiger partial charge on any atom is 0.332 e. The first kappa shape index (κ1) is 15.5. The number of fused-ring (bicyclic) bond motifs is 1. The van der Waals surface area contributed by atoms with Gasteiger partial charge in [0.25, 0.3) is 0 Å². The normalized spacial score (nSPS) is 11.9. The van der Waals surface area contributed by atoms with Crippen molar-refractivity contribution in [2.24, 2.45) is 0 Å². The molecule has 0 aromatic heterocycles. The van der Waals surface area contributed by atoms with Gasteiger partial charge < -0.3 is 14.8 Å². The number of nitrogens with zero attached hydrogens (tertiary/aromatic N) is 1. The number of benzene rings is 2. The number of carbonyl (C=O) groups excluding carboxylic acids is 2. The number of nitrogens with one attached hydrogen (secondary N) is 1. The van der Waals surface area contributed by atoms with Crippen LogP contribution in [-0.4, -0.2) is 19.2 Å². The van der Waals surface area contributed by atoms with Crippen LogP contribution in [0.25, 0.3) is 0 Å². The first-order valence-electron chi connectivity index (χ1n) is 6.48. The molecule has 0 atom stereocenters. The number of hydrogen-bond donors (Lipinski definition) is 1. The lowest BCUT2D eigenvalue weighted by atomic mass is 10.2. The van der Waals surface area contributed by atoms with Crippen LogP contribution in [0.5, 0.6) is 11.5 Å². The summed E-state index contributed by atoms with van der Waals surface area (Å²) in [6.07, 6.45) is 0.379. The lowest BCUT2D eigenvalue weighted by Gasteiger charge is -2.17. The zero-order valence-corrected chi connectivity index (χ0v) is 13.1. The topological polar surface area (TPSA) is 67.9 Å². The van der Waals surface area contributed by atoms with Crippen molar-refractivity contribution >= 4 is 47.0 Å². The Morgan fingerprint density at radius 2 is 1.78 bits per heavy atom. The van der Waals surface area contributed by atoms with Crippen molar-refractivity contribution < 1.29 is 19.1 Å². The molecular formula is C15H10Cl2N2O4. The molecule has 2 aromatic carbocycles. The molecule has 1 aliphatic heterocycles. The lowest BCUT2D eigenvalue weighted by molar-refractivity contribution is -0.106. The van der Waals surface area contributed by atoms with Gasteiger partial charge in [-0.15, -0.1) is 0 Å². The van der Waals surface area contributed by atoms with Crippen molar-refractivity contribution in [1.82, 2.24) is 0 Å². The van der Waals surface area contributed by atoms with Gasteiger partial charge in [-0.1, -0.05) is 23.2 Å². The Kier molecular flexibility index (Phi) is 4.27. The largest absolute Gasteiger partial charge is 0.454 e. The van der Waals surface area contributed by atoms with Gasteiger partial charge in [-0.25, -0.2) is 9.69 Å². The summed E-state index contributed by atoms with van der Waals surface area (Å²) in [5.74, 6) is 1.11. The van der Waals surface area contributed by atoms with E-state index in [1.807, 2.05) is 0 Å². The van der Waals surface area contributed by atoms with E-state index < -0.39 is 6.03 Å². The molecule has 0 fully saturated rings. The van der Waals surface area contributed by atoms with Gasteiger partial charge in [0.05, 0.1) is 5.69 Å². The number of ether oxygens (including phenoxy) is 2. The summed E-state index contributed by atoms with van der Waals surface area (Å²) < 4.78 is 10.4. The van der Waals surface area contributed by atoms with E-state index in [2.05, 4.69) is 5.32 Å². The third-order valence-electron chi connectivity index (χ3n) is 3.07. The van der Waals surface area contributed by atoms with E-state index in [4.69, 9.17) is 32.7 Å². The number of carbonyl (C=O) groups is 2. The molecule has 2 aromatic rings. The van der Waals surface area contributed by atoms with Gasteiger partial charge in [-0.3, -0.25) is 4.79 Å². The molecule has 118 valence electrons. The Bertz CT molecular complexity index is 762. The van der Waals surface area contributed by atoms with Crippen molar-refractivity contribution in [3.8, 4) is 11.5 Å². The second kappa shape index (κ2) is 6.36. The average molecular weight is 353 g/mol. The Hall–Kier alpha value is -2.44. The van der Waals surface area contributed by atoms with E-state index in [0.29, 0.717) is 33.6 Å². The second-order valence-corrected chi connectivity index (χ2v) is 5.47. The fourth-order valence-electron chi connectivity index (χ4n) is 2.06. The van der Waals surface area contributed by atoms with Crippen LogP contribution >= 0.6 is 23.2 Å². The Morgan fingerprint density at radius 3 is 2.48 bits per heavy atom. The molecule has 0 radical (unpaired) electrons. The molecule has 0 unspecified atom stereocenters. The quantitative estimate of drug-likeness (QED) is 0.850. The predicted molar refractivity (Wildman–Crippen MR) is 86.6 cm³/mol. The number of hydrogen-bond acceptors (Lipinski definition) is 4. The van der Waals surface area contributed by atoms with Crippen LogP contribution in [-0.2, 0) is 4.79 Å². The second-order valence-electron chi connectivity index (χ2n) is 4.60. The fourth-order valence-corrected chi connectivity index (χ4v) is 2.58. The monoisotopic (exact) mass is 352 g/mol. The van der Waals surface area contributed by atoms with E-state index in [-0.39, 0.29) is 12.5 Å². The highest BCUT2D eigenvalue weighted by Gasteiger charge is 2.18.